The number of carbonyl (C=O) groups excluding carboxylic acids is 2. The fraction of sp³-hybridized carbons (Fsp3) is 0.323. The van der Waals surface area contributed by atoms with Gasteiger partial charge in [-0.05, 0) is 93.1 Å². The SMILES string of the molecule is Cc1cc(CC2CN(C(=O)Oc3ccccc3)CC2C(=O)c2ccc(F)cc2)cc(C)c1OC(C)(C)C(=O)O. The number of likely N-dealkylation sites (tertiary alicyclic amines) is 1. The largest absolute Gasteiger partial charge is 0.478 e. The van der Waals surface area contributed by atoms with E-state index in [-0.39, 0.29) is 18.2 Å². The molecule has 1 aliphatic rings. The normalized spacial score (nSPS) is 17.1. The molecular formula is C31H32FNO6. The molecule has 0 radical (unpaired) electrons. The van der Waals surface area contributed by atoms with Crippen molar-refractivity contribution in [1.29, 1.82) is 0 Å². The van der Waals surface area contributed by atoms with Gasteiger partial charge in [0.25, 0.3) is 0 Å². The van der Waals surface area contributed by atoms with Crippen LogP contribution in [0.15, 0.2) is 66.7 Å². The number of aryl methyl sites for hydroxylation is 2. The summed E-state index contributed by atoms with van der Waals surface area (Å²) in [6.07, 6.45) is -0.0376. The zero-order chi connectivity index (χ0) is 28.3. The van der Waals surface area contributed by atoms with Crippen LogP contribution in [0.5, 0.6) is 11.5 Å². The van der Waals surface area contributed by atoms with Gasteiger partial charge in [0.1, 0.15) is 17.3 Å². The number of hydrogen-bond acceptors (Lipinski definition) is 5. The molecule has 39 heavy (non-hydrogen) atoms. The molecule has 1 heterocycles. The number of carbonyl (C=O) groups is 3. The van der Waals surface area contributed by atoms with Crippen molar-refractivity contribution in [3.05, 3.63) is 94.8 Å². The molecule has 1 N–H and O–H groups in total. The number of carboxylic acids is 1. The topological polar surface area (TPSA) is 93.1 Å². The molecule has 2 atom stereocenters. The summed E-state index contributed by atoms with van der Waals surface area (Å²) in [6, 6.07) is 18.0. The Morgan fingerprint density at radius 3 is 2.18 bits per heavy atom. The first-order valence-corrected chi connectivity index (χ1v) is 12.8. The molecule has 8 heteroatoms. The van der Waals surface area contributed by atoms with Crippen LogP contribution in [0.4, 0.5) is 9.18 Å². The van der Waals surface area contributed by atoms with Gasteiger partial charge in [-0.3, -0.25) is 4.79 Å². The minimum atomic E-state index is -1.39. The Kier molecular flexibility index (Phi) is 8.04. The van der Waals surface area contributed by atoms with Crippen LogP contribution in [-0.2, 0) is 11.2 Å². The molecule has 0 spiro atoms. The lowest BCUT2D eigenvalue weighted by Crippen LogP contribution is -2.38. The molecule has 2 unspecified atom stereocenters. The molecule has 0 saturated carbocycles. The van der Waals surface area contributed by atoms with Crippen molar-refractivity contribution < 1.29 is 33.4 Å². The maximum Gasteiger partial charge on any atom is 0.415 e. The second-order valence-electron chi connectivity index (χ2n) is 10.5. The first kappa shape index (κ1) is 27.8. The van der Waals surface area contributed by atoms with Gasteiger partial charge in [0, 0.05) is 24.6 Å². The van der Waals surface area contributed by atoms with Gasteiger partial charge in [-0.25, -0.2) is 14.0 Å². The Hall–Kier alpha value is -4.20. The van der Waals surface area contributed by atoms with E-state index in [1.807, 2.05) is 32.0 Å². The smallest absolute Gasteiger partial charge is 0.415 e. The summed E-state index contributed by atoms with van der Waals surface area (Å²) in [5.74, 6) is -1.47. The van der Waals surface area contributed by atoms with Crippen molar-refractivity contribution in [2.24, 2.45) is 11.8 Å². The molecule has 0 bridgehead atoms. The number of aliphatic carboxylic acids is 1. The summed E-state index contributed by atoms with van der Waals surface area (Å²) in [4.78, 5) is 39.6. The lowest BCUT2D eigenvalue weighted by atomic mass is 9.84. The monoisotopic (exact) mass is 533 g/mol. The molecule has 3 aromatic rings. The van der Waals surface area contributed by atoms with E-state index in [0.717, 1.165) is 16.7 Å². The van der Waals surface area contributed by atoms with E-state index >= 15 is 0 Å². The third-order valence-corrected chi connectivity index (χ3v) is 7.00. The number of Topliss-reactive ketones (excluding diaryl/α,β-unsaturated/α-hetero) is 1. The predicted octanol–water partition coefficient (Wildman–Crippen LogP) is 5.86. The number of para-hydroxylation sites is 1. The van der Waals surface area contributed by atoms with E-state index in [1.54, 1.807) is 24.3 Å². The van der Waals surface area contributed by atoms with Crippen LogP contribution in [0.3, 0.4) is 0 Å². The van der Waals surface area contributed by atoms with Crippen LogP contribution < -0.4 is 9.47 Å². The summed E-state index contributed by atoms with van der Waals surface area (Å²) in [6.45, 7) is 7.18. The highest BCUT2D eigenvalue weighted by Crippen LogP contribution is 2.34. The highest BCUT2D eigenvalue weighted by atomic mass is 19.1. The maximum atomic E-state index is 13.5. The zero-order valence-electron chi connectivity index (χ0n) is 22.4. The minimum Gasteiger partial charge on any atom is -0.478 e. The average molecular weight is 534 g/mol. The predicted molar refractivity (Wildman–Crippen MR) is 144 cm³/mol. The van der Waals surface area contributed by atoms with Gasteiger partial charge in [-0.15, -0.1) is 0 Å². The molecule has 4 rings (SSSR count). The van der Waals surface area contributed by atoms with Crippen LogP contribution in [-0.4, -0.2) is 46.5 Å². The highest BCUT2D eigenvalue weighted by molar-refractivity contribution is 5.98. The molecule has 1 amide bonds. The van der Waals surface area contributed by atoms with E-state index in [9.17, 15) is 23.9 Å². The average Bonchev–Trinajstić information content (AvgIpc) is 3.30. The molecule has 1 fully saturated rings. The van der Waals surface area contributed by atoms with E-state index in [2.05, 4.69) is 0 Å². The van der Waals surface area contributed by atoms with Crippen LogP contribution >= 0.6 is 0 Å². The number of ether oxygens (including phenoxy) is 2. The molecule has 0 aromatic heterocycles. The van der Waals surface area contributed by atoms with Crippen molar-refractivity contribution in [2.75, 3.05) is 13.1 Å². The molecule has 3 aromatic carbocycles. The summed E-state index contributed by atoms with van der Waals surface area (Å²) in [5.41, 5.74) is 1.48. The highest BCUT2D eigenvalue weighted by Gasteiger charge is 2.40. The summed E-state index contributed by atoms with van der Waals surface area (Å²) >= 11 is 0. The first-order chi connectivity index (χ1) is 18.4. The van der Waals surface area contributed by atoms with Gasteiger partial charge in [0.05, 0.1) is 0 Å². The second-order valence-corrected chi connectivity index (χ2v) is 10.5. The van der Waals surface area contributed by atoms with Crippen molar-refractivity contribution in [3.8, 4) is 11.5 Å². The van der Waals surface area contributed by atoms with Gasteiger partial charge >= 0.3 is 12.1 Å². The number of hydrogen-bond donors (Lipinski definition) is 1. The standard InChI is InChI=1S/C31H32FNO6/c1-19-14-21(15-20(2)28(19)39-31(3,4)29(35)36)16-23-17-33(30(37)38-25-8-6-5-7-9-25)18-26(23)27(34)22-10-12-24(32)13-11-22/h5-15,23,26H,16-18H2,1-4H3,(H,35,36). The fourth-order valence-corrected chi connectivity index (χ4v) is 4.93. The van der Waals surface area contributed by atoms with Gasteiger partial charge in [0.2, 0.25) is 0 Å². The second kappa shape index (κ2) is 11.3. The number of rotatable bonds is 8. The van der Waals surface area contributed by atoms with Gasteiger partial charge in [-0.2, -0.15) is 0 Å². The van der Waals surface area contributed by atoms with Crippen LogP contribution in [0.2, 0.25) is 0 Å². The number of ketones is 1. The maximum absolute atomic E-state index is 13.5. The van der Waals surface area contributed by atoms with Gasteiger partial charge in [-0.1, -0.05) is 30.3 Å². The molecular weight excluding hydrogens is 501 g/mol. The molecule has 1 saturated heterocycles. The van der Waals surface area contributed by atoms with Crippen LogP contribution in [0.25, 0.3) is 0 Å². The van der Waals surface area contributed by atoms with E-state index in [1.165, 1.54) is 43.0 Å². The lowest BCUT2D eigenvalue weighted by molar-refractivity contribution is -0.152. The Bertz CT molecular complexity index is 1350. The molecule has 7 nitrogen and oxygen atoms in total. The summed E-state index contributed by atoms with van der Waals surface area (Å²) in [5, 5.41) is 9.46. The van der Waals surface area contributed by atoms with Crippen molar-refractivity contribution in [2.45, 2.75) is 39.7 Å². The Morgan fingerprint density at radius 1 is 0.974 bits per heavy atom. The van der Waals surface area contributed by atoms with E-state index in [4.69, 9.17) is 9.47 Å². The number of carboxylic acid groups (broad SMARTS) is 1. The fourth-order valence-electron chi connectivity index (χ4n) is 4.93. The molecule has 0 aliphatic carbocycles. The number of benzene rings is 3. The summed E-state index contributed by atoms with van der Waals surface area (Å²) < 4.78 is 24.9. The molecule has 1 aliphatic heterocycles. The van der Waals surface area contributed by atoms with Crippen molar-refractivity contribution >= 4 is 17.8 Å². The van der Waals surface area contributed by atoms with Crippen LogP contribution in [0, 0.1) is 31.5 Å². The van der Waals surface area contributed by atoms with Crippen LogP contribution in [0.1, 0.15) is 40.9 Å². The summed E-state index contributed by atoms with van der Waals surface area (Å²) in [7, 11) is 0. The third-order valence-electron chi connectivity index (χ3n) is 7.00. The number of amides is 1. The van der Waals surface area contributed by atoms with Gasteiger partial charge in [0.15, 0.2) is 11.4 Å². The third kappa shape index (κ3) is 6.45. The van der Waals surface area contributed by atoms with Crippen molar-refractivity contribution in [3.63, 3.8) is 0 Å². The van der Waals surface area contributed by atoms with E-state index < -0.39 is 29.4 Å². The Labute approximate surface area is 227 Å². The number of halogens is 1. The quantitative estimate of drug-likeness (QED) is 0.365. The zero-order valence-corrected chi connectivity index (χ0v) is 22.4. The Morgan fingerprint density at radius 2 is 1.59 bits per heavy atom. The minimum absolute atomic E-state index is 0.161. The van der Waals surface area contributed by atoms with E-state index in [0.29, 0.717) is 30.0 Å². The molecule has 204 valence electrons. The number of nitrogens with zero attached hydrogens (tertiary/aromatic N) is 1. The van der Waals surface area contributed by atoms with Crippen molar-refractivity contribution in [1.82, 2.24) is 4.90 Å². The van der Waals surface area contributed by atoms with Gasteiger partial charge < -0.3 is 19.5 Å². The first-order valence-electron chi connectivity index (χ1n) is 12.8. The Balaban J connectivity index is 1.58. The lowest BCUT2D eigenvalue weighted by Gasteiger charge is -2.25.